The molecular formula is C20H28F3N5O. The topological polar surface area (TPSA) is 68.8 Å². The molecular weight excluding hydrogens is 383 g/mol. The fourth-order valence-corrected chi connectivity index (χ4v) is 3.32. The van der Waals surface area contributed by atoms with Gasteiger partial charge in [0.2, 0.25) is 5.91 Å². The number of nitrogens with one attached hydrogen (secondary N) is 3. The molecule has 29 heavy (non-hydrogen) atoms. The highest BCUT2D eigenvalue weighted by molar-refractivity contribution is 5.85. The van der Waals surface area contributed by atoms with Gasteiger partial charge in [-0.1, -0.05) is 12.1 Å². The van der Waals surface area contributed by atoms with E-state index in [2.05, 4.69) is 25.8 Å². The minimum absolute atomic E-state index is 0.0694. The number of halogens is 3. The van der Waals surface area contributed by atoms with Crippen molar-refractivity contribution in [2.45, 2.75) is 51.0 Å². The average Bonchev–Trinajstić information content (AvgIpc) is 3.37. The number of hydrogen-bond acceptors (Lipinski definition) is 3. The van der Waals surface area contributed by atoms with E-state index in [0.717, 1.165) is 50.0 Å². The summed E-state index contributed by atoms with van der Waals surface area (Å²) in [6.45, 7) is 4.96. The van der Waals surface area contributed by atoms with Crippen LogP contribution < -0.4 is 16.0 Å². The fraction of sp³-hybridized carbons (Fsp3) is 0.600. The molecule has 3 N–H and O–H groups in total. The van der Waals surface area contributed by atoms with E-state index >= 15 is 0 Å². The first kappa shape index (κ1) is 21.4. The van der Waals surface area contributed by atoms with Gasteiger partial charge in [-0.05, 0) is 43.9 Å². The van der Waals surface area contributed by atoms with Crippen molar-refractivity contribution in [3.05, 3.63) is 35.4 Å². The van der Waals surface area contributed by atoms with Crippen LogP contribution in [-0.2, 0) is 17.5 Å². The molecule has 1 aromatic rings. The normalized spacial score (nSPS) is 20.6. The summed E-state index contributed by atoms with van der Waals surface area (Å²) in [6, 6.07) is 5.82. The number of rotatable bonds is 7. The van der Waals surface area contributed by atoms with Crippen molar-refractivity contribution < 1.29 is 18.0 Å². The van der Waals surface area contributed by atoms with Gasteiger partial charge in [-0.2, -0.15) is 13.2 Å². The van der Waals surface area contributed by atoms with Crippen LogP contribution in [0.1, 0.15) is 37.3 Å². The molecule has 1 heterocycles. The minimum atomic E-state index is -4.31. The second-order valence-electron chi connectivity index (χ2n) is 7.60. The minimum Gasteiger partial charge on any atom is -0.357 e. The smallest absolute Gasteiger partial charge is 0.357 e. The summed E-state index contributed by atoms with van der Waals surface area (Å²) in [4.78, 5) is 18.4. The first-order chi connectivity index (χ1) is 13.8. The Labute approximate surface area is 168 Å². The lowest BCUT2D eigenvalue weighted by Gasteiger charge is -2.19. The molecule has 0 aromatic heterocycles. The second-order valence-corrected chi connectivity index (χ2v) is 7.60. The summed E-state index contributed by atoms with van der Waals surface area (Å²) >= 11 is 0. The van der Waals surface area contributed by atoms with Crippen LogP contribution in [0.2, 0.25) is 0 Å². The number of guanidine groups is 1. The maximum atomic E-state index is 12.7. The summed E-state index contributed by atoms with van der Waals surface area (Å²) in [5.41, 5.74) is 0.232. The molecule has 160 valence electrons. The molecule has 6 nitrogen and oxygen atoms in total. The van der Waals surface area contributed by atoms with Crippen molar-refractivity contribution in [1.29, 1.82) is 0 Å². The van der Waals surface area contributed by atoms with E-state index < -0.39 is 11.7 Å². The molecule has 1 saturated carbocycles. The lowest BCUT2D eigenvalue weighted by molar-refractivity contribution is -0.137. The first-order valence-corrected chi connectivity index (χ1v) is 10.1. The SMILES string of the molecule is CCNC(=NCC(=O)NC1CC1)NC1CCN(Cc2ccc(C(F)(F)F)cc2)C1. The molecule has 1 aliphatic carbocycles. The number of nitrogens with zero attached hydrogens (tertiary/aromatic N) is 2. The van der Waals surface area contributed by atoms with Crippen molar-refractivity contribution in [1.82, 2.24) is 20.9 Å². The molecule has 1 atom stereocenters. The lowest BCUT2D eigenvalue weighted by atomic mass is 10.1. The zero-order valence-corrected chi connectivity index (χ0v) is 16.6. The van der Waals surface area contributed by atoms with Crippen molar-refractivity contribution >= 4 is 11.9 Å². The van der Waals surface area contributed by atoms with Crippen LogP contribution in [0, 0.1) is 0 Å². The molecule has 9 heteroatoms. The summed E-state index contributed by atoms with van der Waals surface area (Å²) < 4.78 is 38.0. The standard InChI is InChI=1S/C20H28F3N5O/c1-2-24-19(25-11-18(29)26-16-7-8-16)27-17-9-10-28(13-17)12-14-3-5-15(6-4-14)20(21,22)23/h3-6,16-17H,2,7-13H2,1H3,(H,26,29)(H2,24,25,27). The number of amides is 1. The van der Waals surface area contributed by atoms with E-state index in [0.29, 0.717) is 25.1 Å². The number of hydrogen-bond donors (Lipinski definition) is 3. The second kappa shape index (κ2) is 9.47. The molecule has 1 unspecified atom stereocenters. The van der Waals surface area contributed by atoms with Crippen LogP contribution in [0.3, 0.4) is 0 Å². The predicted molar refractivity (Wildman–Crippen MR) is 105 cm³/mol. The molecule has 2 aliphatic rings. The van der Waals surface area contributed by atoms with E-state index in [1.807, 2.05) is 6.92 Å². The molecule has 1 aromatic carbocycles. The Bertz CT molecular complexity index is 716. The summed E-state index contributed by atoms with van der Waals surface area (Å²) in [6.07, 6.45) is -1.31. The maximum Gasteiger partial charge on any atom is 0.416 e. The lowest BCUT2D eigenvalue weighted by Crippen LogP contribution is -2.45. The third kappa shape index (κ3) is 6.92. The highest BCUT2D eigenvalue weighted by Crippen LogP contribution is 2.29. The van der Waals surface area contributed by atoms with E-state index in [1.165, 1.54) is 12.1 Å². The van der Waals surface area contributed by atoms with Gasteiger partial charge in [0, 0.05) is 38.3 Å². The fourth-order valence-electron chi connectivity index (χ4n) is 3.32. The van der Waals surface area contributed by atoms with Gasteiger partial charge in [0.15, 0.2) is 5.96 Å². The molecule has 0 radical (unpaired) electrons. The molecule has 2 fully saturated rings. The number of carbonyl (C=O) groups excluding carboxylic acids is 1. The molecule has 0 spiro atoms. The van der Waals surface area contributed by atoms with Crippen LogP contribution in [0.5, 0.6) is 0 Å². The van der Waals surface area contributed by atoms with Crippen LogP contribution in [0.4, 0.5) is 13.2 Å². The Balaban J connectivity index is 1.47. The molecule has 1 aliphatic heterocycles. The van der Waals surface area contributed by atoms with E-state index in [1.54, 1.807) is 0 Å². The Morgan fingerprint density at radius 3 is 2.48 bits per heavy atom. The summed E-state index contributed by atoms with van der Waals surface area (Å²) in [5, 5.41) is 9.42. The van der Waals surface area contributed by atoms with E-state index in [9.17, 15) is 18.0 Å². The highest BCUT2D eigenvalue weighted by Gasteiger charge is 2.30. The molecule has 0 bridgehead atoms. The Morgan fingerprint density at radius 2 is 1.86 bits per heavy atom. The van der Waals surface area contributed by atoms with Crippen LogP contribution in [-0.4, -0.2) is 55.0 Å². The van der Waals surface area contributed by atoms with Crippen molar-refractivity contribution in [2.24, 2.45) is 4.99 Å². The van der Waals surface area contributed by atoms with Crippen LogP contribution in [0.25, 0.3) is 0 Å². The number of alkyl halides is 3. The zero-order valence-electron chi connectivity index (χ0n) is 16.6. The monoisotopic (exact) mass is 411 g/mol. The maximum absolute atomic E-state index is 12.7. The van der Waals surface area contributed by atoms with E-state index in [4.69, 9.17) is 0 Å². The molecule has 3 rings (SSSR count). The van der Waals surface area contributed by atoms with Gasteiger partial charge in [0.25, 0.3) is 0 Å². The van der Waals surface area contributed by atoms with Crippen molar-refractivity contribution in [3.8, 4) is 0 Å². The van der Waals surface area contributed by atoms with Gasteiger partial charge in [-0.15, -0.1) is 0 Å². The summed E-state index contributed by atoms with van der Waals surface area (Å²) in [7, 11) is 0. The predicted octanol–water partition coefficient (Wildman–Crippen LogP) is 2.11. The van der Waals surface area contributed by atoms with Gasteiger partial charge < -0.3 is 16.0 Å². The van der Waals surface area contributed by atoms with Gasteiger partial charge in [-0.3, -0.25) is 9.69 Å². The van der Waals surface area contributed by atoms with Gasteiger partial charge >= 0.3 is 6.18 Å². The van der Waals surface area contributed by atoms with Crippen molar-refractivity contribution in [3.63, 3.8) is 0 Å². The number of carbonyl (C=O) groups is 1. The Morgan fingerprint density at radius 1 is 1.14 bits per heavy atom. The number of likely N-dealkylation sites (tertiary alicyclic amines) is 1. The molecule has 1 saturated heterocycles. The third-order valence-corrected chi connectivity index (χ3v) is 4.97. The molecule has 1 amide bonds. The van der Waals surface area contributed by atoms with Gasteiger partial charge in [0.05, 0.1) is 5.56 Å². The zero-order chi connectivity index (χ0) is 20.9. The Hall–Kier alpha value is -2.29. The summed E-state index contributed by atoms with van der Waals surface area (Å²) in [5.74, 6) is 0.542. The van der Waals surface area contributed by atoms with Crippen LogP contribution in [0.15, 0.2) is 29.3 Å². The highest BCUT2D eigenvalue weighted by atomic mass is 19.4. The van der Waals surface area contributed by atoms with Crippen molar-refractivity contribution in [2.75, 3.05) is 26.2 Å². The number of benzene rings is 1. The third-order valence-electron chi connectivity index (χ3n) is 4.97. The Kier molecular flexibility index (Phi) is 7.00. The van der Waals surface area contributed by atoms with E-state index in [-0.39, 0.29) is 18.5 Å². The average molecular weight is 411 g/mol. The first-order valence-electron chi connectivity index (χ1n) is 10.1. The quantitative estimate of drug-likeness (QED) is 0.475. The van der Waals surface area contributed by atoms with Gasteiger partial charge in [0.1, 0.15) is 6.54 Å². The van der Waals surface area contributed by atoms with Gasteiger partial charge in [-0.25, -0.2) is 4.99 Å². The largest absolute Gasteiger partial charge is 0.416 e. The van der Waals surface area contributed by atoms with Crippen LogP contribution >= 0.6 is 0 Å². The number of aliphatic imine (C=N–C) groups is 1.